The van der Waals surface area contributed by atoms with E-state index in [4.69, 9.17) is 0 Å². The van der Waals surface area contributed by atoms with Crippen LogP contribution in [-0.2, 0) is 4.74 Å². The molecular weight excluding hydrogens is 274 g/mol. The smallest absolute Gasteiger partial charge is 0.540 e. The van der Waals surface area contributed by atoms with Crippen LogP contribution >= 0.6 is 0 Å². The second kappa shape index (κ2) is 5.72. The zero-order chi connectivity index (χ0) is 7.49. The van der Waals surface area contributed by atoms with Crippen LogP contribution in [-0.4, -0.2) is 18.9 Å². The fraction of sp³-hybridized carbons (Fsp3) is 0.667. The second-order valence-electron chi connectivity index (χ2n) is 1.15. The maximum Gasteiger partial charge on any atom is 1.00 e. The van der Waals surface area contributed by atoms with Crippen molar-refractivity contribution in [2.75, 3.05) is 6.61 Å². The van der Waals surface area contributed by atoms with Gasteiger partial charge in [-0.3, -0.25) is 0 Å². The van der Waals surface area contributed by atoms with E-state index in [9.17, 15) is 23.1 Å². The van der Waals surface area contributed by atoms with Gasteiger partial charge in [0.25, 0.3) is 6.16 Å². The molecule has 0 unspecified atom stereocenters. The molecule has 0 aromatic heterocycles. The van der Waals surface area contributed by atoms with Crippen LogP contribution in [0.5, 0.6) is 0 Å². The number of hydrogen-bond donors (Lipinski definition) is 0. The largest absolute Gasteiger partial charge is 1.00 e. The fourth-order valence-corrected chi connectivity index (χ4v) is 0.141. The Balaban J connectivity index is 0. The minimum atomic E-state index is -4.61. The van der Waals surface area contributed by atoms with Gasteiger partial charge in [0.1, 0.15) is 6.61 Å². The predicted molar refractivity (Wildman–Crippen MR) is 17.4 cm³/mol. The summed E-state index contributed by atoms with van der Waals surface area (Å²) in [7, 11) is 0. The summed E-state index contributed by atoms with van der Waals surface area (Å²) in [6, 6.07) is 0. The molecule has 10 heavy (non-hydrogen) atoms. The van der Waals surface area contributed by atoms with Crippen molar-refractivity contribution in [1.82, 2.24) is 0 Å². The summed E-state index contributed by atoms with van der Waals surface area (Å²) in [6.07, 6.45) is -6.78. The first-order valence-corrected chi connectivity index (χ1v) is 1.82. The Bertz CT molecular complexity index is 112. The molecule has 0 spiro atoms. The van der Waals surface area contributed by atoms with E-state index in [-0.39, 0.29) is 68.9 Å². The van der Waals surface area contributed by atoms with Gasteiger partial charge in [0.15, 0.2) is 0 Å². The maximum atomic E-state index is 11.0. The summed E-state index contributed by atoms with van der Waals surface area (Å²) >= 11 is 0. The van der Waals surface area contributed by atoms with Crippen LogP contribution in [0.4, 0.5) is 18.0 Å². The van der Waals surface area contributed by atoms with E-state index in [1.807, 2.05) is 0 Å². The van der Waals surface area contributed by atoms with Crippen molar-refractivity contribution in [1.29, 1.82) is 0 Å². The first-order chi connectivity index (χ1) is 3.92. The number of carbonyl (C=O) groups excluding carboxylic acids is 1. The van der Waals surface area contributed by atoms with Gasteiger partial charge in [-0.25, -0.2) is 0 Å². The van der Waals surface area contributed by atoms with Gasteiger partial charge in [0, 0.05) is 0 Å². The quantitative estimate of drug-likeness (QED) is 0.477. The molecule has 7 heteroatoms. The second-order valence-corrected chi connectivity index (χ2v) is 1.15. The molecule has 0 aliphatic carbocycles. The van der Waals surface area contributed by atoms with Crippen LogP contribution in [0, 0.1) is 0 Å². The van der Waals surface area contributed by atoms with Gasteiger partial charge in [-0.1, -0.05) is 0 Å². The van der Waals surface area contributed by atoms with Crippen molar-refractivity contribution in [3.8, 4) is 0 Å². The number of alkyl halides is 3. The molecule has 0 aromatic carbocycles. The number of halogens is 3. The van der Waals surface area contributed by atoms with Gasteiger partial charge in [-0.05, 0) is 0 Å². The molecule has 0 fully saturated rings. The van der Waals surface area contributed by atoms with Crippen LogP contribution in [0.25, 0.3) is 0 Å². The molecule has 0 amide bonds. The summed E-state index contributed by atoms with van der Waals surface area (Å²) in [5.41, 5.74) is 0. The van der Waals surface area contributed by atoms with Gasteiger partial charge in [0.05, 0.1) is 0 Å². The number of rotatable bonds is 1. The minimum Gasteiger partial charge on any atom is -0.540 e. The molecule has 0 aromatic rings. The fourth-order valence-electron chi connectivity index (χ4n) is 0.141. The molecule has 0 bridgehead atoms. The Morgan fingerprint density at radius 2 is 1.90 bits per heavy atom. The molecule has 0 N–H and O–H groups in total. The van der Waals surface area contributed by atoms with Crippen molar-refractivity contribution in [3.05, 3.63) is 0 Å². The third-order valence-corrected chi connectivity index (χ3v) is 0.354. The zero-order valence-corrected chi connectivity index (χ0v) is 11.3. The summed E-state index contributed by atoms with van der Waals surface area (Å²) < 4.78 is 36.1. The average Bonchev–Trinajstić information content (AvgIpc) is 1.59. The monoisotopic (exact) mass is 276 g/mol. The Morgan fingerprint density at radius 1 is 1.50 bits per heavy atom. The Labute approximate surface area is 113 Å². The molecule has 0 heterocycles. The average molecular weight is 276 g/mol. The van der Waals surface area contributed by atoms with E-state index >= 15 is 0 Å². The summed E-state index contributed by atoms with van der Waals surface area (Å²) in [5, 5.41) is 9.21. The van der Waals surface area contributed by atoms with Gasteiger partial charge in [-0.2, -0.15) is 13.2 Å². The Morgan fingerprint density at radius 3 is 2.00 bits per heavy atom. The summed E-state index contributed by atoms with van der Waals surface area (Å²) in [6.45, 7) is -1.81. The van der Waals surface area contributed by atoms with Crippen LogP contribution in [0.15, 0.2) is 0 Å². The van der Waals surface area contributed by atoms with Crippen LogP contribution in [0.2, 0.25) is 0 Å². The van der Waals surface area contributed by atoms with Crippen LogP contribution < -0.4 is 74.0 Å². The molecule has 0 aliphatic rings. The number of hydrogen-bond acceptors (Lipinski definition) is 3. The molecule has 0 saturated heterocycles. The van der Waals surface area contributed by atoms with Crippen molar-refractivity contribution in [3.63, 3.8) is 0 Å². The maximum absolute atomic E-state index is 11.0. The van der Waals surface area contributed by atoms with E-state index in [0.29, 0.717) is 0 Å². The molecule has 0 aliphatic heterocycles. The topological polar surface area (TPSA) is 49.4 Å². The molecule has 0 radical (unpaired) electrons. The third kappa shape index (κ3) is 11.9. The summed E-state index contributed by atoms with van der Waals surface area (Å²) in [4.78, 5) is 9.21. The van der Waals surface area contributed by atoms with Crippen molar-refractivity contribution in [2.24, 2.45) is 0 Å². The van der Waals surface area contributed by atoms with Crippen molar-refractivity contribution < 1.29 is 96.7 Å². The van der Waals surface area contributed by atoms with E-state index in [1.165, 1.54) is 0 Å². The van der Waals surface area contributed by atoms with Gasteiger partial charge < -0.3 is 14.6 Å². The molecule has 0 atom stereocenters. The molecule has 3 nitrogen and oxygen atoms in total. The summed E-state index contributed by atoms with van der Waals surface area (Å²) in [5.74, 6) is 0. The minimum absolute atomic E-state index is 0. The van der Waals surface area contributed by atoms with E-state index in [1.54, 1.807) is 0 Å². The predicted octanol–water partition coefficient (Wildman–Crippen LogP) is -3.09. The van der Waals surface area contributed by atoms with Crippen LogP contribution in [0.1, 0.15) is 0 Å². The SMILES string of the molecule is O=C([O-])OCC(F)(F)F.[Cs+]. The van der Waals surface area contributed by atoms with E-state index in [0.717, 1.165) is 0 Å². The van der Waals surface area contributed by atoms with Gasteiger partial charge >= 0.3 is 75.1 Å². The first kappa shape index (κ1) is 13.7. The Hall–Kier alpha value is 1.11. The molecule has 0 saturated carbocycles. The third-order valence-electron chi connectivity index (χ3n) is 0.354. The molecule has 54 valence electrons. The number of carbonyl (C=O) groups is 1. The number of carboxylic acid groups (broad SMARTS) is 1. The van der Waals surface area contributed by atoms with Crippen LogP contribution in [0.3, 0.4) is 0 Å². The molecule has 0 rings (SSSR count). The van der Waals surface area contributed by atoms with E-state index in [2.05, 4.69) is 4.74 Å². The zero-order valence-electron chi connectivity index (χ0n) is 5.07. The Kier molecular flexibility index (Phi) is 7.83. The van der Waals surface area contributed by atoms with Gasteiger partial charge in [-0.15, -0.1) is 0 Å². The van der Waals surface area contributed by atoms with E-state index < -0.39 is 18.9 Å². The molecular formula is C3H2CsF3O3. The van der Waals surface area contributed by atoms with Crippen molar-refractivity contribution >= 4 is 6.16 Å². The number of ether oxygens (including phenoxy) is 1. The van der Waals surface area contributed by atoms with Crippen molar-refractivity contribution in [2.45, 2.75) is 6.18 Å². The van der Waals surface area contributed by atoms with Gasteiger partial charge in [0.2, 0.25) is 0 Å². The first-order valence-electron chi connectivity index (χ1n) is 1.82. The standard InChI is InChI=1S/C3H3F3O3.Cs/c4-3(5,6)1-9-2(7)8;/h1H2,(H,7,8);/q;+1/p-1. The normalized spacial score (nSPS) is 9.90.